The van der Waals surface area contributed by atoms with Crippen molar-refractivity contribution in [3.05, 3.63) is 94.2 Å². The second-order valence-electron chi connectivity index (χ2n) is 18.0. The Bertz CT molecular complexity index is 1350. The summed E-state index contributed by atoms with van der Waals surface area (Å²) in [4.78, 5) is 0. The summed E-state index contributed by atoms with van der Waals surface area (Å²) in [5.74, 6) is 3.23. The van der Waals surface area contributed by atoms with Gasteiger partial charge in [-0.25, -0.2) is 0 Å². The molecule has 4 rings (SSSR count). The Kier molecular flexibility index (Phi) is 13.5. The van der Waals surface area contributed by atoms with E-state index in [1.165, 1.54) is 98.5 Å². The molecule has 0 aromatic rings. The Morgan fingerprint density at radius 2 is 1.67 bits per heavy atom. The lowest BCUT2D eigenvalue weighted by Gasteiger charge is -2.44. The minimum atomic E-state index is -0.696. The minimum absolute atomic E-state index is 0.272. The zero-order valence-electron chi connectivity index (χ0n) is 32.7. The zero-order valence-corrected chi connectivity index (χ0v) is 32.7. The molecule has 0 heterocycles. The highest BCUT2D eigenvalue weighted by Gasteiger charge is 2.50. The molecule has 48 heavy (non-hydrogen) atoms. The largest absolute Gasteiger partial charge is 0.389 e. The molecular weight excluding hydrogens is 581 g/mol. The maximum Gasteiger partial charge on any atom is 0.0725 e. The molecule has 5 atom stereocenters. The molecule has 3 fully saturated rings. The second kappa shape index (κ2) is 16.7. The second-order valence-corrected chi connectivity index (χ2v) is 18.0. The van der Waals surface area contributed by atoms with Crippen molar-refractivity contribution in [3.63, 3.8) is 0 Å². The van der Waals surface area contributed by atoms with Crippen LogP contribution in [0.25, 0.3) is 0 Å². The maximum atomic E-state index is 11.7. The number of hydrogen-bond acceptors (Lipinski definition) is 1. The van der Waals surface area contributed by atoms with Crippen LogP contribution in [0.3, 0.4) is 0 Å². The van der Waals surface area contributed by atoms with E-state index in [1.807, 2.05) is 0 Å². The van der Waals surface area contributed by atoms with E-state index in [-0.39, 0.29) is 5.41 Å². The van der Waals surface area contributed by atoms with Crippen LogP contribution in [-0.4, -0.2) is 10.7 Å². The molecule has 4 aliphatic carbocycles. The van der Waals surface area contributed by atoms with Gasteiger partial charge in [0.2, 0.25) is 0 Å². The fourth-order valence-electron chi connectivity index (χ4n) is 9.99. The van der Waals surface area contributed by atoms with Gasteiger partial charge >= 0.3 is 0 Å². The molecule has 266 valence electrons. The summed E-state index contributed by atoms with van der Waals surface area (Å²) in [6, 6.07) is 0. The maximum absolute atomic E-state index is 11.7. The topological polar surface area (TPSA) is 20.2 Å². The minimum Gasteiger partial charge on any atom is -0.389 e. The zero-order chi connectivity index (χ0) is 35.1. The average molecular weight is 653 g/mol. The molecule has 1 nitrogen and oxygen atoms in total. The lowest BCUT2D eigenvalue weighted by Crippen LogP contribution is -2.36. The lowest BCUT2D eigenvalue weighted by atomic mass is 9.60. The van der Waals surface area contributed by atoms with E-state index in [9.17, 15) is 5.11 Å². The number of rotatable bonds is 12. The smallest absolute Gasteiger partial charge is 0.0725 e. The van der Waals surface area contributed by atoms with Crippen LogP contribution in [0.2, 0.25) is 0 Å². The van der Waals surface area contributed by atoms with Gasteiger partial charge < -0.3 is 5.11 Å². The Labute approximate surface area is 297 Å². The van der Waals surface area contributed by atoms with Gasteiger partial charge in [0.05, 0.1) is 5.60 Å². The number of allylic oxidation sites excluding steroid dienone is 13. The molecule has 0 radical (unpaired) electrons. The van der Waals surface area contributed by atoms with Crippen LogP contribution < -0.4 is 0 Å². The van der Waals surface area contributed by atoms with Crippen LogP contribution in [0, 0.1) is 34.5 Å². The summed E-state index contributed by atoms with van der Waals surface area (Å²) in [5.41, 5.74) is 9.70. The summed E-state index contributed by atoms with van der Waals surface area (Å²) in [5, 5.41) is 11.7. The normalized spacial score (nSPS) is 32.8. The third-order valence-corrected chi connectivity index (χ3v) is 13.1. The first-order valence-electron chi connectivity index (χ1n) is 19.8. The highest BCUT2D eigenvalue weighted by Crippen LogP contribution is 2.60. The molecule has 0 aromatic carbocycles. The van der Waals surface area contributed by atoms with Crippen LogP contribution in [0.5, 0.6) is 0 Å². The fraction of sp³-hybridized carbons (Fsp3) is 0.660. The van der Waals surface area contributed by atoms with Crippen LogP contribution in [-0.2, 0) is 0 Å². The monoisotopic (exact) mass is 653 g/mol. The van der Waals surface area contributed by atoms with Crippen molar-refractivity contribution >= 4 is 0 Å². The molecule has 0 aromatic heterocycles. The molecule has 1 N–H and O–H groups in total. The average Bonchev–Trinajstić information content (AvgIpc) is 3.37. The van der Waals surface area contributed by atoms with Gasteiger partial charge in [0, 0.05) is 6.42 Å². The summed E-state index contributed by atoms with van der Waals surface area (Å²) in [6.45, 7) is 25.7. The molecule has 0 saturated heterocycles. The summed E-state index contributed by atoms with van der Waals surface area (Å²) in [7, 11) is 0. The third-order valence-electron chi connectivity index (χ3n) is 13.1. The van der Waals surface area contributed by atoms with Crippen LogP contribution in [0.1, 0.15) is 159 Å². The fourth-order valence-corrected chi connectivity index (χ4v) is 9.99. The van der Waals surface area contributed by atoms with Gasteiger partial charge in [0.1, 0.15) is 0 Å². The first-order valence-corrected chi connectivity index (χ1v) is 19.8. The number of hydrogen-bond donors (Lipinski definition) is 1. The number of aliphatic hydroxyl groups is 1. The van der Waals surface area contributed by atoms with Crippen molar-refractivity contribution < 1.29 is 5.11 Å². The van der Waals surface area contributed by atoms with E-state index in [2.05, 4.69) is 118 Å². The molecular formula is C47H72O. The lowest BCUT2D eigenvalue weighted by molar-refractivity contribution is 0.0290. The Morgan fingerprint density at radius 1 is 0.917 bits per heavy atom. The molecule has 4 aliphatic rings. The van der Waals surface area contributed by atoms with Crippen molar-refractivity contribution in [1.82, 2.24) is 0 Å². The van der Waals surface area contributed by atoms with Gasteiger partial charge in [-0.15, -0.1) is 0 Å². The molecule has 0 aliphatic heterocycles. The van der Waals surface area contributed by atoms with Gasteiger partial charge in [-0.1, -0.05) is 144 Å². The molecule has 1 unspecified atom stereocenters. The number of fused-ring (bicyclic) bond motifs is 1. The standard InChI is InChI=1S/C47H72O/c1-34(2)15-11-18-39(7)43-25-26-44-40(20-14-30-46(43,44)10)22-23-41-33-47(48,32-28-37(41)5)31-27-36(4)17-12-16-35(3)21-24-42-38(6)19-13-29-45(42,8)9/h12,16-17,21-24,27,34,39,43-44,48H,5,11,13-15,18-20,25-26,28-33H2,1-4,6-10H3/b17-12?,24-21?,35-16?,36-27?,40-22?,41-23-/t39-,43-,44?,46-,47+/m1/s1. The molecule has 1 heteroatoms. The van der Waals surface area contributed by atoms with E-state index < -0.39 is 5.60 Å². The Hall–Kier alpha value is -2.12. The van der Waals surface area contributed by atoms with Crippen LogP contribution in [0.15, 0.2) is 94.2 Å². The molecule has 0 spiro atoms. The van der Waals surface area contributed by atoms with Gasteiger partial charge in [-0.05, 0) is 137 Å². The van der Waals surface area contributed by atoms with E-state index in [1.54, 1.807) is 11.1 Å². The van der Waals surface area contributed by atoms with Crippen LogP contribution >= 0.6 is 0 Å². The Morgan fingerprint density at radius 3 is 2.40 bits per heavy atom. The van der Waals surface area contributed by atoms with E-state index in [4.69, 9.17) is 0 Å². The third kappa shape index (κ3) is 9.99. The highest BCUT2D eigenvalue weighted by atomic mass is 16.3. The van der Waals surface area contributed by atoms with Crippen molar-refractivity contribution in [1.29, 1.82) is 0 Å². The predicted molar refractivity (Wildman–Crippen MR) is 211 cm³/mol. The summed E-state index contributed by atoms with van der Waals surface area (Å²) < 4.78 is 0. The summed E-state index contributed by atoms with van der Waals surface area (Å²) in [6.07, 6.45) is 35.9. The van der Waals surface area contributed by atoms with Gasteiger partial charge in [0.15, 0.2) is 0 Å². The first kappa shape index (κ1) is 38.7. The van der Waals surface area contributed by atoms with E-state index in [0.29, 0.717) is 18.3 Å². The molecule has 0 bridgehead atoms. The Balaban J connectivity index is 1.36. The van der Waals surface area contributed by atoms with E-state index >= 15 is 0 Å². The van der Waals surface area contributed by atoms with Crippen molar-refractivity contribution in [3.8, 4) is 0 Å². The highest BCUT2D eigenvalue weighted by molar-refractivity contribution is 5.39. The molecule has 3 saturated carbocycles. The van der Waals surface area contributed by atoms with Crippen molar-refractivity contribution in [2.24, 2.45) is 34.5 Å². The van der Waals surface area contributed by atoms with Gasteiger partial charge in [0.25, 0.3) is 0 Å². The summed E-state index contributed by atoms with van der Waals surface area (Å²) >= 11 is 0. The SMILES string of the molecule is C=C1CC[C@@](O)(CC=C(C)C=CC=C(C)C=CC2=C(C)CCCC2(C)C)C/C1=C/C=C1CCC[C@@]2(C)C1CC[C@@H]2[C@H](C)CCCC(C)C. The van der Waals surface area contributed by atoms with Crippen molar-refractivity contribution in [2.45, 2.75) is 164 Å². The van der Waals surface area contributed by atoms with E-state index in [0.717, 1.165) is 36.5 Å². The predicted octanol–water partition coefficient (Wildman–Crippen LogP) is 13.9. The molecule has 0 amide bonds. The first-order chi connectivity index (χ1) is 22.6. The quantitative estimate of drug-likeness (QED) is 0.208. The van der Waals surface area contributed by atoms with Crippen molar-refractivity contribution in [2.75, 3.05) is 0 Å². The van der Waals surface area contributed by atoms with Gasteiger partial charge in [-0.3, -0.25) is 0 Å². The van der Waals surface area contributed by atoms with Gasteiger partial charge in [-0.2, -0.15) is 0 Å². The van der Waals surface area contributed by atoms with Crippen LogP contribution in [0.4, 0.5) is 0 Å².